The predicted molar refractivity (Wildman–Crippen MR) is 108 cm³/mol. The van der Waals surface area contributed by atoms with Gasteiger partial charge in [-0.05, 0) is 0 Å². The van der Waals surface area contributed by atoms with Crippen LogP contribution < -0.4 is 24.8 Å². The normalized spacial score (nSPS) is 20.7. The molecule has 0 saturated heterocycles. The van der Waals surface area contributed by atoms with E-state index in [0.717, 1.165) is 0 Å². The van der Waals surface area contributed by atoms with Crippen LogP contribution in [0.5, 0.6) is 0 Å². The van der Waals surface area contributed by atoms with E-state index in [0.29, 0.717) is 15.0 Å². The summed E-state index contributed by atoms with van der Waals surface area (Å²) in [6, 6.07) is 17.8. The van der Waals surface area contributed by atoms with Crippen LogP contribution in [0.4, 0.5) is 0 Å². The van der Waals surface area contributed by atoms with E-state index in [1.165, 1.54) is 54.4 Å². The van der Waals surface area contributed by atoms with Crippen LogP contribution in [0.2, 0.25) is 3.12 Å². The Kier molecular flexibility index (Phi) is 8.81. The van der Waals surface area contributed by atoms with Gasteiger partial charge >= 0.3 is 174 Å². The van der Waals surface area contributed by atoms with E-state index in [-0.39, 0.29) is 24.8 Å². The van der Waals surface area contributed by atoms with Gasteiger partial charge in [0.1, 0.15) is 0 Å². The van der Waals surface area contributed by atoms with Gasteiger partial charge in [-0.3, -0.25) is 0 Å². The smallest absolute Gasteiger partial charge is 1.00 e. The first-order chi connectivity index (χ1) is 12.7. The summed E-state index contributed by atoms with van der Waals surface area (Å²) in [4.78, 5) is 0. The van der Waals surface area contributed by atoms with Crippen molar-refractivity contribution in [1.82, 2.24) is 0 Å². The Morgan fingerprint density at radius 3 is 1.61 bits per heavy atom. The van der Waals surface area contributed by atoms with Crippen molar-refractivity contribution >= 4 is 12.2 Å². The number of halogens is 2. The molecule has 28 heavy (non-hydrogen) atoms. The third-order valence-electron chi connectivity index (χ3n) is 6.35. The molecular formula is C25H27Cl2Zr. The fourth-order valence-electron chi connectivity index (χ4n) is 4.49. The maximum Gasteiger partial charge on any atom is -1.00 e. The van der Waals surface area contributed by atoms with E-state index in [4.69, 9.17) is 0 Å². The summed E-state index contributed by atoms with van der Waals surface area (Å²) in [5.41, 5.74) is 5.93. The molecule has 2 aromatic rings. The maximum absolute atomic E-state index is 2.42. The second kappa shape index (κ2) is 10.4. The minimum absolute atomic E-state index is 0. The molecule has 0 nitrogen and oxygen atoms in total. The molecule has 0 spiro atoms. The van der Waals surface area contributed by atoms with Crippen molar-refractivity contribution in [3.8, 4) is 0 Å². The number of benzene rings is 2. The van der Waals surface area contributed by atoms with Gasteiger partial charge in [-0.25, -0.2) is 0 Å². The minimum atomic E-state index is 0. The van der Waals surface area contributed by atoms with Crippen LogP contribution in [0.1, 0.15) is 73.1 Å². The zero-order chi connectivity index (χ0) is 18.0. The van der Waals surface area contributed by atoms with Gasteiger partial charge in [0, 0.05) is 0 Å². The molecule has 0 radical (unpaired) electrons. The molecule has 4 rings (SSSR count). The summed E-state index contributed by atoms with van der Waals surface area (Å²) >= 11 is 1.72. The number of allylic oxidation sites excluding steroid dienone is 2. The molecule has 0 N–H and O–H groups in total. The van der Waals surface area contributed by atoms with Crippen molar-refractivity contribution in [3.05, 3.63) is 82.9 Å². The van der Waals surface area contributed by atoms with Crippen LogP contribution in [-0.2, 0) is 24.7 Å². The molecular weight excluding hydrogens is 462 g/mol. The van der Waals surface area contributed by atoms with Gasteiger partial charge in [-0.1, -0.05) is 0 Å². The Labute approximate surface area is 197 Å². The molecule has 0 amide bonds. The van der Waals surface area contributed by atoms with E-state index in [1.54, 1.807) is 24.7 Å². The van der Waals surface area contributed by atoms with Crippen LogP contribution in [0.3, 0.4) is 0 Å². The van der Waals surface area contributed by atoms with Gasteiger partial charge in [0.15, 0.2) is 0 Å². The van der Waals surface area contributed by atoms with Crippen molar-refractivity contribution < 1.29 is 49.5 Å². The predicted octanol–water partition coefficient (Wildman–Crippen LogP) is 1.29. The third-order valence-corrected chi connectivity index (χ3v) is 8.45. The first-order valence-corrected chi connectivity index (χ1v) is 11.2. The topological polar surface area (TPSA) is 0 Å². The summed E-state index contributed by atoms with van der Waals surface area (Å²) in [6.45, 7) is 2.39. The van der Waals surface area contributed by atoms with E-state index >= 15 is 0 Å². The van der Waals surface area contributed by atoms with Gasteiger partial charge in [0.05, 0.1) is 0 Å². The van der Waals surface area contributed by atoms with Crippen LogP contribution in [0.15, 0.2) is 60.7 Å². The first-order valence-electron chi connectivity index (χ1n) is 9.98. The molecule has 0 heterocycles. The Balaban J connectivity index is 0.00000140. The average Bonchev–Trinajstić information content (AvgIpc) is 3.29. The monoisotopic (exact) mass is 487 g/mol. The van der Waals surface area contributed by atoms with Crippen molar-refractivity contribution in [3.63, 3.8) is 0 Å². The van der Waals surface area contributed by atoms with Crippen molar-refractivity contribution in [2.24, 2.45) is 0 Å². The molecule has 3 heteroatoms. The van der Waals surface area contributed by atoms with E-state index < -0.39 is 0 Å². The zero-order valence-electron chi connectivity index (χ0n) is 16.4. The van der Waals surface area contributed by atoms with Gasteiger partial charge in [-0.2, -0.15) is 0 Å². The Hall–Kier alpha value is -0.617. The van der Waals surface area contributed by atoms with E-state index in [2.05, 4.69) is 79.8 Å². The fourth-order valence-corrected chi connectivity index (χ4v) is 5.20. The van der Waals surface area contributed by atoms with Crippen molar-refractivity contribution in [2.45, 2.75) is 54.0 Å². The molecule has 2 unspecified atom stereocenters. The number of hydrogen-bond donors (Lipinski definition) is 0. The van der Waals surface area contributed by atoms with Crippen LogP contribution in [-0.4, -0.2) is 0 Å². The number of hydrogen-bond acceptors (Lipinski definition) is 0. The molecule has 0 aliphatic heterocycles. The molecule has 145 valence electrons. The summed E-state index contributed by atoms with van der Waals surface area (Å²) in [6.07, 6.45) is 16.1. The molecule has 2 aromatic carbocycles. The maximum atomic E-state index is 2.42. The first kappa shape index (κ1) is 23.7. The van der Waals surface area contributed by atoms with Gasteiger partial charge in [-0.15, -0.1) is 0 Å². The second-order valence-corrected chi connectivity index (χ2v) is 10.5. The number of fused-ring (bicyclic) bond motifs is 2. The number of rotatable bonds is 7. The van der Waals surface area contributed by atoms with Gasteiger partial charge < -0.3 is 24.8 Å². The largest absolute Gasteiger partial charge is 1.00 e. The summed E-state index contributed by atoms with van der Waals surface area (Å²) in [5, 5.41) is 0. The standard InChI is InChI=1S/C25H27.2ClH.Zr/c1-2-19(11-13-22-17-15-20-7-3-5-9-24(20)22)12-14-23-18-16-21-8-4-6-10-25(21)23;;;/h3-10,15-18,22-23H,2,11-14H2,1H3;2*1H;/q;;;+2/p-2. The van der Waals surface area contributed by atoms with Crippen molar-refractivity contribution in [1.29, 1.82) is 0 Å². The molecule has 0 aromatic heterocycles. The Morgan fingerprint density at radius 1 is 0.750 bits per heavy atom. The van der Waals surface area contributed by atoms with E-state index in [9.17, 15) is 0 Å². The van der Waals surface area contributed by atoms with Crippen LogP contribution in [0, 0.1) is 0 Å². The summed E-state index contributed by atoms with van der Waals surface area (Å²) in [5.74, 6) is 1.26. The third kappa shape index (κ3) is 5.10. The minimum Gasteiger partial charge on any atom is -1.00 e. The zero-order valence-corrected chi connectivity index (χ0v) is 20.3. The van der Waals surface area contributed by atoms with E-state index in [1.807, 2.05) is 0 Å². The van der Waals surface area contributed by atoms with Crippen LogP contribution >= 0.6 is 0 Å². The molecule has 0 saturated carbocycles. The molecule has 2 aliphatic carbocycles. The summed E-state index contributed by atoms with van der Waals surface area (Å²) < 4.78 is 0.531. The molecule has 2 aliphatic rings. The second-order valence-electron chi connectivity index (χ2n) is 7.90. The molecule has 0 fully saturated rings. The SMILES string of the molecule is CC[C]([Zr+2])(CCC1C=Cc2ccccc21)CCC1C=Cc2ccccc21.[Cl-].[Cl-]. The Morgan fingerprint density at radius 2 is 1.18 bits per heavy atom. The quantitative estimate of drug-likeness (QED) is 0.550. The average molecular weight is 490 g/mol. The fraction of sp³-hybridized carbons (Fsp3) is 0.360. The molecule has 0 bridgehead atoms. The van der Waals surface area contributed by atoms with Gasteiger partial charge in [0.25, 0.3) is 0 Å². The Bertz CT molecular complexity index is 774. The molecule has 2 atom stereocenters. The van der Waals surface area contributed by atoms with Gasteiger partial charge in [0.2, 0.25) is 0 Å². The van der Waals surface area contributed by atoms with Crippen LogP contribution in [0.25, 0.3) is 12.2 Å². The summed E-state index contributed by atoms with van der Waals surface area (Å²) in [7, 11) is 0. The van der Waals surface area contributed by atoms with Crippen molar-refractivity contribution in [2.75, 3.05) is 0 Å².